The highest BCUT2D eigenvalue weighted by Crippen LogP contribution is 2.39. The molecule has 1 nitrogen and oxygen atoms in total. The molecule has 2 heteroatoms. The molecule has 0 radical (unpaired) electrons. The molecule has 1 fully saturated rings. The molecule has 1 saturated heterocycles. The van der Waals surface area contributed by atoms with Crippen molar-refractivity contribution in [2.45, 2.75) is 44.6 Å². The van der Waals surface area contributed by atoms with Crippen LogP contribution in [0, 0.1) is 5.92 Å². The van der Waals surface area contributed by atoms with Gasteiger partial charge in [-0.25, -0.2) is 0 Å². The number of ether oxygens (including phenoxy) is 1. The predicted molar refractivity (Wildman–Crippen MR) is 72.6 cm³/mol. The third kappa shape index (κ3) is 2.83. The number of alkyl halides is 1. The first-order chi connectivity index (χ1) is 8.26. The molecular formula is C15H21ClO. The SMILES string of the molecule is CCc1ccc(C(Cl)C2CCOC2CC)cc1. The van der Waals surface area contributed by atoms with Crippen molar-refractivity contribution < 1.29 is 4.74 Å². The van der Waals surface area contributed by atoms with Crippen LogP contribution >= 0.6 is 11.6 Å². The molecule has 0 aliphatic carbocycles. The van der Waals surface area contributed by atoms with Gasteiger partial charge < -0.3 is 4.74 Å². The standard InChI is InChI=1S/C15H21ClO/c1-3-11-5-7-12(8-6-11)15(16)13-9-10-17-14(13)4-2/h5-8,13-15H,3-4,9-10H2,1-2H3. The van der Waals surface area contributed by atoms with Gasteiger partial charge in [0.2, 0.25) is 0 Å². The van der Waals surface area contributed by atoms with Crippen molar-refractivity contribution in [2.75, 3.05) is 6.61 Å². The Morgan fingerprint density at radius 1 is 1.29 bits per heavy atom. The molecular weight excluding hydrogens is 232 g/mol. The van der Waals surface area contributed by atoms with E-state index in [1.165, 1.54) is 11.1 Å². The van der Waals surface area contributed by atoms with Gasteiger partial charge in [-0.05, 0) is 30.4 Å². The average Bonchev–Trinajstić information content (AvgIpc) is 2.86. The van der Waals surface area contributed by atoms with E-state index >= 15 is 0 Å². The number of rotatable bonds is 4. The van der Waals surface area contributed by atoms with Crippen molar-refractivity contribution in [1.29, 1.82) is 0 Å². The van der Waals surface area contributed by atoms with E-state index < -0.39 is 0 Å². The van der Waals surface area contributed by atoms with Gasteiger partial charge in [-0.1, -0.05) is 38.1 Å². The third-order valence-corrected chi connectivity index (χ3v) is 4.32. The van der Waals surface area contributed by atoms with Gasteiger partial charge in [-0.2, -0.15) is 0 Å². The Bertz CT molecular complexity index is 346. The fourth-order valence-corrected chi connectivity index (χ4v) is 3.04. The predicted octanol–water partition coefficient (Wildman–Crippen LogP) is 4.34. The van der Waals surface area contributed by atoms with Crippen LogP contribution in [0.15, 0.2) is 24.3 Å². The Labute approximate surface area is 109 Å². The van der Waals surface area contributed by atoms with E-state index in [2.05, 4.69) is 38.1 Å². The van der Waals surface area contributed by atoms with Crippen LogP contribution in [0.5, 0.6) is 0 Å². The largest absolute Gasteiger partial charge is 0.378 e. The molecule has 0 N–H and O–H groups in total. The van der Waals surface area contributed by atoms with Gasteiger partial charge in [0.05, 0.1) is 11.5 Å². The summed E-state index contributed by atoms with van der Waals surface area (Å²) in [5.74, 6) is 0.467. The van der Waals surface area contributed by atoms with E-state index in [1.807, 2.05) is 0 Å². The Morgan fingerprint density at radius 3 is 2.59 bits per heavy atom. The van der Waals surface area contributed by atoms with Crippen LogP contribution in [0.25, 0.3) is 0 Å². The lowest BCUT2D eigenvalue weighted by Gasteiger charge is -2.22. The Balaban J connectivity index is 2.10. The van der Waals surface area contributed by atoms with E-state index in [1.54, 1.807) is 0 Å². The molecule has 3 atom stereocenters. The highest BCUT2D eigenvalue weighted by Gasteiger charge is 2.33. The molecule has 0 bridgehead atoms. The average molecular weight is 253 g/mol. The number of hydrogen-bond acceptors (Lipinski definition) is 1. The summed E-state index contributed by atoms with van der Waals surface area (Å²) in [4.78, 5) is 0. The van der Waals surface area contributed by atoms with Gasteiger partial charge in [-0.3, -0.25) is 0 Å². The van der Waals surface area contributed by atoms with Crippen LogP contribution in [-0.4, -0.2) is 12.7 Å². The first kappa shape index (κ1) is 12.9. The monoisotopic (exact) mass is 252 g/mol. The minimum absolute atomic E-state index is 0.0911. The van der Waals surface area contributed by atoms with E-state index in [0.717, 1.165) is 25.9 Å². The number of hydrogen-bond donors (Lipinski definition) is 0. The highest BCUT2D eigenvalue weighted by molar-refractivity contribution is 6.21. The smallest absolute Gasteiger partial charge is 0.0639 e. The molecule has 3 unspecified atom stereocenters. The Kier molecular flexibility index (Phi) is 4.47. The first-order valence-corrected chi connectivity index (χ1v) is 7.04. The van der Waals surface area contributed by atoms with Gasteiger partial charge in [0.1, 0.15) is 0 Å². The van der Waals surface area contributed by atoms with Gasteiger partial charge in [-0.15, -0.1) is 11.6 Å². The minimum Gasteiger partial charge on any atom is -0.378 e. The van der Waals surface area contributed by atoms with Crippen molar-refractivity contribution >= 4 is 11.6 Å². The van der Waals surface area contributed by atoms with Crippen molar-refractivity contribution in [3.05, 3.63) is 35.4 Å². The van der Waals surface area contributed by atoms with Gasteiger partial charge in [0.15, 0.2) is 0 Å². The quantitative estimate of drug-likeness (QED) is 0.725. The van der Waals surface area contributed by atoms with Crippen molar-refractivity contribution in [2.24, 2.45) is 5.92 Å². The second-order valence-corrected chi connectivity index (χ2v) is 5.24. The normalized spacial score (nSPS) is 26.1. The molecule has 0 aromatic heterocycles. The topological polar surface area (TPSA) is 9.23 Å². The Hall–Kier alpha value is -0.530. The second kappa shape index (κ2) is 5.88. The fraction of sp³-hybridized carbons (Fsp3) is 0.600. The molecule has 94 valence electrons. The van der Waals surface area contributed by atoms with Crippen LogP contribution in [0.2, 0.25) is 0 Å². The fourth-order valence-electron chi connectivity index (χ4n) is 2.60. The lowest BCUT2D eigenvalue weighted by Crippen LogP contribution is -2.19. The maximum Gasteiger partial charge on any atom is 0.0639 e. The van der Waals surface area contributed by atoms with Crippen molar-refractivity contribution in [3.8, 4) is 0 Å². The maximum atomic E-state index is 6.60. The van der Waals surface area contributed by atoms with Crippen LogP contribution < -0.4 is 0 Å². The second-order valence-electron chi connectivity index (χ2n) is 4.77. The van der Waals surface area contributed by atoms with Gasteiger partial charge in [0, 0.05) is 12.5 Å². The van der Waals surface area contributed by atoms with Crippen molar-refractivity contribution in [3.63, 3.8) is 0 Å². The zero-order valence-corrected chi connectivity index (χ0v) is 11.4. The van der Waals surface area contributed by atoms with Gasteiger partial charge in [0.25, 0.3) is 0 Å². The molecule has 1 aliphatic rings. The van der Waals surface area contributed by atoms with E-state index in [0.29, 0.717) is 12.0 Å². The van der Waals surface area contributed by atoms with E-state index in [9.17, 15) is 0 Å². The molecule has 2 rings (SSSR count). The highest BCUT2D eigenvalue weighted by atomic mass is 35.5. The molecule has 0 amide bonds. The molecule has 1 aromatic rings. The zero-order valence-electron chi connectivity index (χ0n) is 10.7. The third-order valence-electron chi connectivity index (χ3n) is 3.75. The van der Waals surface area contributed by atoms with Crippen LogP contribution in [0.4, 0.5) is 0 Å². The minimum atomic E-state index is 0.0911. The molecule has 1 aliphatic heterocycles. The van der Waals surface area contributed by atoms with E-state index in [-0.39, 0.29) is 5.38 Å². The Morgan fingerprint density at radius 2 is 2.00 bits per heavy atom. The lowest BCUT2D eigenvalue weighted by molar-refractivity contribution is 0.0864. The van der Waals surface area contributed by atoms with Crippen LogP contribution in [0.3, 0.4) is 0 Å². The maximum absolute atomic E-state index is 6.60. The molecule has 1 heterocycles. The first-order valence-electron chi connectivity index (χ1n) is 6.60. The molecule has 17 heavy (non-hydrogen) atoms. The summed E-state index contributed by atoms with van der Waals surface area (Å²) < 4.78 is 5.72. The van der Waals surface area contributed by atoms with Crippen LogP contribution in [0.1, 0.15) is 43.2 Å². The summed E-state index contributed by atoms with van der Waals surface area (Å²) >= 11 is 6.60. The summed E-state index contributed by atoms with van der Waals surface area (Å²) in [6.45, 7) is 5.21. The molecule has 1 aromatic carbocycles. The van der Waals surface area contributed by atoms with Gasteiger partial charge >= 0.3 is 0 Å². The van der Waals surface area contributed by atoms with Crippen molar-refractivity contribution in [1.82, 2.24) is 0 Å². The summed E-state index contributed by atoms with van der Waals surface area (Å²) in [5.41, 5.74) is 2.60. The lowest BCUT2D eigenvalue weighted by atomic mass is 9.91. The summed E-state index contributed by atoms with van der Waals surface area (Å²) in [5, 5.41) is 0.0911. The molecule has 0 saturated carbocycles. The summed E-state index contributed by atoms with van der Waals surface area (Å²) in [6, 6.07) is 8.70. The zero-order chi connectivity index (χ0) is 12.3. The number of benzene rings is 1. The summed E-state index contributed by atoms with van der Waals surface area (Å²) in [7, 11) is 0. The van der Waals surface area contributed by atoms with Crippen LogP contribution in [-0.2, 0) is 11.2 Å². The summed E-state index contributed by atoms with van der Waals surface area (Å²) in [6.07, 6.45) is 3.56. The van der Waals surface area contributed by atoms with E-state index in [4.69, 9.17) is 16.3 Å². The number of aryl methyl sites for hydroxylation is 1. The number of halogens is 1. The molecule has 0 spiro atoms.